The van der Waals surface area contributed by atoms with Gasteiger partial charge < -0.3 is 0 Å². The van der Waals surface area contributed by atoms with E-state index in [9.17, 15) is 8.42 Å². The molecular formula is C9H7ClN2O2S2. The second-order valence-corrected chi connectivity index (χ2v) is 6.47. The Morgan fingerprint density at radius 2 is 1.88 bits per heavy atom. The van der Waals surface area contributed by atoms with Crippen LogP contribution in [0.2, 0.25) is 0 Å². The Morgan fingerprint density at radius 3 is 2.31 bits per heavy atom. The van der Waals surface area contributed by atoms with Crippen LogP contribution in [0.15, 0.2) is 29.2 Å². The molecule has 1 heterocycles. The van der Waals surface area contributed by atoms with Crippen molar-refractivity contribution in [1.29, 1.82) is 0 Å². The van der Waals surface area contributed by atoms with Crippen LogP contribution in [0.25, 0.3) is 10.4 Å². The summed E-state index contributed by atoms with van der Waals surface area (Å²) in [7, 11) is 1.56. The summed E-state index contributed by atoms with van der Waals surface area (Å²) in [6.07, 6.45) is 0. The highest BCUT2D eigenvalue weighted by Crippen LogP contribution is 2.27. The van der Waals surface area contributed by atoms with Gasteiger partial charge in [-0.2, -0.15) is 0 Å². The van der Waals surface area contributed by atoms with Crippen molar-refractivity contribution in [2.75, 3.05) is 0 Å². The van der Waals surface area contributed by atoms with Crippen LogP contribution >= 0.6 is 22.2 Å². The SMILES string of the molecule is Cc1nnsc1-c1ccc(S(=O)(=O)Cl)cc1. The Balaban J connectivity index is 2.45. The highest BCUT2D eigenvalue weighted by molar-refractivity contribution is 8.13. The number of halogens is 1. The number of hydrogen-bond acceptors (Lipinski definition) is 5. The molecule has 2 aromatic rings. The van der Waals surface area contributed by atoms with Crippen molar-refractivity contribution in [3.63, 3.8) is 0 Å². The molecule has 0 spiro atoms. The van der Waals surface area contributed by atoms with Crippen LogP contribution in [0.5, 0.6) is 0 Å². The molecule has 0 saturated heterocycles. The maximum atomic E-state index is 11.0. The molecule has 7 heteroatoms. The van der Waals surface area contributed by atoms with Crippen LogP contribution in [-0.4, -0.2) is 18.0 Å². The van der Waals surface area contributed by atoms with Crippen molar-refractivity contribution in [2.45, 2.75) is 11.8 Å². The molecule has 4 nitrogen and oxygen atoms in total. The second-order valence-electron chi connectivity index (χ2n) is 3.15. The minimum atomic E-state index is -3.65. The Morgan fingerprint density at radius 1 is 1.25 bits per heavy atom. The van der Waals surface area contributed by atoms with Crippen LogP contribution < -0.4 is 0 Å². The normalized spacial score (nSPS) is 11.6. The lowest BCUT2D eigenvalue weighted by atomic mass is 10.2. The van der Waals surface area contributed by atoms with E-state index >= 15 is 0 Å². The van der Waals surface area contributed by atoms with E-state index in [-0.39, 0.29) is 4.90 Å². The number of benzene rings is 1. The lowest BCUT2D eigenvalue weighted by Gasteiger charge is -1.99. The van der Waals surface area contributed by atoms with Crippen LogP contribution in [-0.2, 0) is 9.05 Å². The topological polar surface area (TPSA) is 59.9 Å². The summed E-state index contributed by atoms with van der Waals surface area (Å²) in [6, 6.07) is 6.32. The standard InChI is InChI=1S/C9H7ClN2O2S2/c1-6-9(15-12-11-6)7-2-4-8(5-3-7)16(10,13)14/h2-5H,1H3. The van der Waals surface area contributed by atoms with Gasteiger partial charge in [-0.3, -0.25) is 0 Å². The Labute approximate surface area is 101 Å². The van der Waals surface area contributed by atoms with E-state index in [1.165, 1.54) is 23.7 Å². The summed E-state index contributed by atoms with van der Waals surface area (Å²) >= 11 is 1.27. The highest BCUT2D eigenvalue weighted by Gasteiger charge is 2.11. The number of nitrogens with zero attached hydrogens (tertiary/aromatic N) is 2. The molecule has 0 saturated carbocycles. The molecule has 0 radical (unpaired) electrons. The quantitative estimate of drug-likeness (QED) is 0.789. The molecule has 1 aromatic heterocycles. The van der Waals surface area contributed by atoms with Gasteiger partial charge in [0.2, 0.25) is 0 Å². The maximum absolute atomic E-state index is 11.0. The third-order valence-corrected chi connectivity index (χ3v) is 4.30. The lowest BCUT2D eigenvalue weighted by molar-refractivity contribution is 0.609. The van der Waals surface area contributed by atoms with Gasteiger partial charge in [-0.05, 0) is 36.2 Å². The smallest absolute Gasteiger partial charge is 0.207 e. The number of aromatic nitrogens is 2. The van der Waals surface area contributed by atoms with Crippen molar-refractivity contribution in [3.05, 3.63) is 30.0 Å². The molecule has 0 aliphatic heterocycles. The van der Waals surface area contributed by atoms with E-state index in [2.05, 4.69) is 9.59 Å². The zero-order chi connectivity index (χ0) is 11.8. The molecule has 0 aliphatic rings. The van der Waals surface area contributed by atoms with E-state index in [0.717, 1.165) is 16.1 Å². The van der Waals surface area contributed by atoms with Gasteiger partial charge in [0.15, 0.2) is 0 Å². The van der Waals surface area contributed by atoms with Crippen LogP contribution in [0, 0.1) is 6.92 Å². The fourth-order valence-corrected chi connectivity index (χ4v) is 2.69. The first-order valence-electron chi connectivity index (χ1n) is 4.32. The van der Waals surface area contributed by atoms with E-state index in [4.69, 9.17) is 10.7 Å². The third-order valence-electron chi connectivity index (χ3n) is 2.05. The molecule has 0 unspecified atom stereocenters. The summed E-state index contributed by atoms with van der Waals surface area (Å²) in [5.74, 6) is 0. The minimum absolute atomic E-state index is 0.0908. The van der Waals surface area contributed by atoms with Gasteiger partial charge in [0.05, 0.1) is 15.5 Å². The fourth-order valence-electron chi connectivity index (χ4n) is 1.26. The first-order chi connectivity index (χ1) is 7.48. The van der Waals surface area contributed by atoms with Gasteiger partial charge in [-0.15, -0.1) is 5.10 Å². The largest absolute Gasteiger partial charge is 0.261 e. The van der Waals surface area contributed by atoms with E-state index in [1.54, 1.807) is 12.1 Å². The minimum Gasteiger partial charge on any atom is -0.207 e. The van der Waals surface area contributed by atoms with E-state index in [1.807, 2.05) is 6.92 Å². The van der Waals surface area contributed by atoms with Crippen molar-refractivity contribution < 1.29 is 8.42 Å². The molecule has 2 rings (SSSR count). The van der Waals surface area contributed by atoms with E-state index < -0.39 is 9.05 Å². The number of hydrogen-bond donors (Lipinski definition) is 0. The molecule has 0 amide bonds. The van der Waals surface area contributed by atoms with Gasteiger partial charge >= 0.3 is 0 Å². The van der Waals surface area contributed by atoms with Crippen LogP contribution in [0.3, 0.4) is 0 Å². The average Bonchev–Trinajstić information content (AvgIpc) is 2.63. The van der Waals surface area contributed by atoms with E-state index in [0.29, 0.717) is 0 Å². The third kappa shape index (κ3) is 2.23. The summed E-state index contributed by atoms with van der Waals surface area (Å²) in [4.78, 5) is 1.02. The molecule has 16 heavy (non-hydrogen) atoms. The molecule has 0 atom stereocenters. The monoisotopic (exact) mass is 274 g/mol. The molecular weight excluding hydrogens is 268 g/mol. The molecule has 0 aliphatic carbocycles. The zero-order valence-electron chi connectivity index (χ0n) is 8.21. The number of aryl methyl sites for hydroxylation is 1. The summed E-state index contributed by atoms with van der Waals surface area (Å²) in [6.45, 7) is 1.85. The predicted octanol–water partition coefficient (Wildman–Crippen LogP) is 2.44. The van der Waals surface area contributed by atoms with Crippen molar-refractivity contribution in [3.8, 4) is 10.4 Å². The molecule has 0 fully saturated rings. The average molecular weight is 275 g/mol. The molecule has 84 valence electrons. The van der Waals surface area contributed by atoms with Gasteiger partial charge in [-0.25, -0.2) is 8.42 Å². The maximum Gasteiger partial charge on any atom is 0.261 e. The Hall–Kier alpha value is -0.980. The van der Waals surface area contributed by atoms with Crippen LogP contribution in [0.1, 0.15) is 5.69 Å². The molecule has 0 bridgehead atoms. The van der Waals surface area contributed by atoms with Crippen LogP contribution in [0.4, 0.5) is 0 Å². The molecule has 1 aromatic carbocycles. The number of rotatable bonds is 2. The lowest BCUT2D eigenvalue weighted by Crippen LogP contribution is -1.89. The van der Waals surface area contributed by atoms with Gasteiger partial charge in [0.1, 0.15) is 0 Å². The highest BCUT2D eigenvalue weighted by atomic mass is 35.7. The van der Waals surface area contributed by atoms with Crippen molar-refractivity contribution >= 4 is 31.3 Å². The van der Waals surface area contributed by atoms with Crippen molar-refractivity contribution in [2.24, 2.45) is 0 Å². The summed E-state index contributed by atoms with van der Waals surface area (Å²) < 4.78 is 25.9. The van der Waals surface area contributed by atoms with Gasteiger partial charge in [0, 0.05) is 10.7 Å². The zero-order valence-corrected chi connectivity index (χ0v) is 10.6. The van der Waals surface area contributed by atoms with Gasteiger partial charge in [0.25, 0.3) is 9.05 Å². The second kappa shape index (κ2) is 4.12. The van der Waals surface area contributed by atoms with Gasteiger partial charge in [-0.1, -0.05) is 16.6 Å². The van der Waals surface area contributed by atoms with Crippen molar-refractivity contribution in [1.82, 2.24) is 9.59 Å². The first kappa shape index (κ1) is 11.5. The Kier molecular flexibility index (Phi) is 2.96. The first-order valence-corrected chi connectivity index (χ1v) is 7.41. The summed E-state index contributed by atoms with van der Waals surface area (Å²) in [5, 5.41) is 3.89. The molecule has 0 N–H and O–H groups in total. The predicted molar refractivity (Wildman–Crippen MR) is 63.1 cm³/mol. The fraction of sp³-hybridized carbons (Fsp3) is 0.111. The Bertz CT molecular complexity index is 605. The summed E-state index contributed by atoms with van der Waals surface area (Å²) in [5.41, 5.74) is 1.71.